The Labute approximate surface area is 204 Å². The third-order valence-electron chi connectivity index (χ3n) is 6.59. The van der Waals surface area contributed by atoms with E-state index in [1.54, 1.807) is 22.0 Å². The molecule has 0 unspecified atom stereocenters. The Morgan fingerprint density at radius 1 is 1.27 bits per heavy atom. The number of carbonyl (C=O) groups excluding carboxylic acids is 1. The van der Waals surface area contributed by atoms with Crippen LogP contribution in [0.4, 0.5) is 17.1 Å². The molecular weight excluding hydrogens is 463 g/mol. The molecule has 0 aromatic heterocycles. The topological polar surface area (TPSA) is 111 Å². The summed E-state index contributed by atoms with van der Waals surface area (Å²) >= 11 is 12.4. The van der Waals surface area contributed by atoms with Crippen LogP contribution in [0.1, 0.15) is 24.9 Å². The summed E-state index contributed by atoms with van der Waals surface area (Å²) in [6.07, 6.45) is 0.848. The highest BCUT2D eigenvalue weighted by Crippen LogP contribution is 2.35. The number of rotatable bonds is 6. The maximum absolute atomic E-state index is 12.7. The molecule has 0 radical (unpaired) electrons. The number of nitrogen functional groups attached to an aromatic ring is 1. The zero-order valence-corrected chi connectivity index (χ0v) is 20.1. The average molecular weight is 493 g/mol. The maximum Gasteiger partial charge on any atom is 0.240 e. The van der Waals surface area contributed by atoms with Crippen LogP contribution in [0, 0.1) is 0 Å². The van der Waals surface area contributed by atoms with Crippen LogP contribution in [0.2, 0.25) is 10.0 Å². The van der Waals surface area contributed by atoms with Crippen molar-refractivity contribution in [1.29, 1.82) is 0 Å². The fourth-order valence-corrected chi connectivity index (χ4v) is 4.95. The first-order chi connectivity index (χ1) is 15.8. The molecule has 0 spiro atoms. The van der Waals surface area contributed by atoms with Crippen LogP contribution in [0.5, 0.6) is 0 Å². The summed E-state index contributed by atoms with van der Waals surface area (Å²) in [6.45, 7) is 4.45. The summed E-state index contributed by atoms with van der Waals surface area (Å²) in [6, 6.07) is 10.4. The minimum atomic E-state index is -0.268. The average Bonchev–Trinajstić information content (AvgIpc) is 2.77. The number of aliphatic hydroxyl groups excluding tert-OH is 1. The number of hydrazine groups is 1. The lowest BCUT2D eigenvalue weighted by Gasteiger charge is -2.44. The van der Waals surface area contributed by atoms with Crippen LogP contribution in [-0.4, -0.2) is 60.8 Å². The number of anilines is 3. The van der Waals surface area contributed by atoms with Crippen molar-refractivity contribution in [1.82, 2.24) is 10.2 Å². The van der Waals surface area contributed by atoms with Crippen molar-refractivity contribution < 1.29 is 9.90 Å². The van der Waals surface area contributed by atoms with E-state index in [9.17, 15) is 9.90 Å². The summed E-state index contributed by atoms with van der Waals surface area (Å²) in [4.78, 5) is 16.7. The number of halogens is 2. The van der Waals surface area contributed by atoms with Gasteiger partial charge in [0.05, 0.1) is 36.1 Å². The summed E-state index contributed by atoms with van der Waals surface area (Å²) in [5, 5.41) is 15.8. The Bertz CT molecular complexity index is 1020. The smallest absolute Gasteiger partial charge is 0.240 e. The molecule has 1 amide bonds. The molecule has 3 atom stereocenters. The van der Waals surface area contributed by atoms with E-state index in [1.807, 2.05) is 31.2 Å². The van der Waals surface area contributed by atoms with E-state index in [2.05, 4.69) is 10.2 Å². The molecule has 178 valence electrons. The first-order valence-electron chi connectivity index (χ1n) is 11.1. The Kier molecular flexibility index (Phi) is 7.21. The van der Waals surface area contributed by atoms with E-state index >= 15 is 0 Å². The lowest BCUT2D eigenvalue weighted by molar-refractivity contribution is -0.139. The Morgan fingerprint density at radius 2 is 2.03 bits per heavy atom. The second kappa shape index (κ2) is 9.95. The SMILES string of the molecule is C[C@H](c1ccc(Cl)cc1Cl)N(N)c1cc(N2CCN(C(=O)[C@H]3CCN3)[C@H](CO)C2)ccc1N. The molecule has 10 heteroatoms. The van der Waals surface area contributed by atoms with Crippen LogP contribution in [0.3, 0.4) is 0 Å². The first-order valence-corrected chi connectivity index (χ1v) is 11.8. The molecule has 4 rings (SSSR count). The second-order valence-corrected chi connectivity index (χ2v) is 9.45. The van der Waals surface area contributed by atoms with Crippen LogP contribution in [0.25, 0.3) is 0 Å². The number of nitrogens with zero attached hydrogens (tertiary/aromatic N) is 3. The molecule has 2 saturated heterocycles. The van der Waals surface area contributed by atoms with Gasteiger partial charge < -0.3 is 31.0 Å². The molecule has 2 aromatic rings. The molecule has 0 bridgehead atoms. The minimum Gasteiger partial charge on any atom is -0.397 e. The summed E-state index contributed by atoms with van der Waals surface area (Å²) in [5.74, 6) is 6.56. The molecule has 2 aliphatic heterocycles. The monoisotopic (exact) mass is 492 g/mol. The van der Waals surface area contributed by atoms with Crippen LogP contribution >= 0.6 is 23.2 Å². The standard InChI is InChI=1S/C23H30Cl2N6O2/c1-14(18-4-2-15(24)10-19(18)25)31(27)22-11-16(3-5-20(22)26)29-8-9-30(17(12-29)13-32)23(33)21-6-7-28-21/h2-5,10-11,14,17,21,28,32H,6-9,12-13,26-27H2,1H3/t14-,17+,21-/m1/s1. The fourth-order valence-electron chi connectivity index (χ4n) is 4.39. The van der Waals surface area contributed by atoms with Gasteiger partial charge in [-0.3, -0.25) is 4.79 Å². The number of nitrogens with two attached hydrogens (primary N) is 2. The molecule has 2 heterocycles. The van der Waals surface area contributed by atoms with E-state index in [4.69, 9.17) is 34.8 Å². The molecule has 6 N–H and O–H groups in total. The number of aliphatic hydroxyl groups is 1. The third kappa shape index (κ3) is 4.85. The van der Waals surface area contributed by atoms with Gasteiger partial charge in [0.1, 0.15) is 0 Å². The number of carbonyl (C=O) groups is 1. The lowest BCUT2D eigenvalue weighted by atomic mass is 10.0. The maximum atomic E-state index is 12.7. The molecule has 8 nitrogen and oxygen atoms in total. The molecular formula is C23H30Cl2N6O2. The Hall–Kier alpha value is -2.23. The second-order valence-electron chi connectivity index (χ2n) is 8.60. The normalized spacial score (nSPS) is 21.5. The van der Waals surface area contributed by atoms with Gasteiger partial charge in [0.2, 0.25) is 5.91 Å². The minimum absolute atomic E-state index is 0.0692. The van der Waals surface area contributed by atoms with Crippen molar-refractivity contribution >= 4 is 46.2 Å². The number of nitrogens with one attached hydrogen (secondary N) is 1. The van der Waals surface area contributed by atoms with Crippen LogP contribution in [-0.2, 0) is 4.79 Å². The van der Waals surface area contributed by atoms with Crippen molar-refractivity contribution in [3.05, 3.63) is 52.0 Å². The van der Waals surface area contributed by atoms with Gasteiger partial charge in [-0.05, 0) is 55.8 Å². The van der Waals surface area contributed by atoms with E-state index in [-0.39, 0.29) is 30.6 Å². The molecule has 0 aliphatic carbocycles. The predicted octanol–water partition coefficient (Wildman–Crippen LogP) is 2.39. The van der Waals surface area contributed by atoms with E-state index in [1.165, 1.54) is 0 Å². The predicted molar refractivity (Wildman–Crippen MR) is 134 cm³/mol. The van der Waals surface area contributed by atoms with E-state index < -0.39 is 0 Å². The van der Waals surface area contributed by atoms with Crippen molar-refractivity contribution in [3.8, 4) is 0 Å². The van der Waals surface area contributed by atoms with Crippen LogP contribution < -0.4 is 26.8 Å². The van der Waals surface area contributed by atoms with Crippen molar-refractivity contribution in [2.24, 2.45) is 5.84 Å². The largest absolute Gasteiger partial charge is 0.397 e. The van der Waals surface area contributed by atoms with Crippen molar-refractivity contribution in [2.75, 3.05) is 48.4 Å². The molecule has 0 saturated carbocycles. The Balaban J connectivity index is 1.52. The third-order valence-corrected chi connectivity index (χ3v) is 7.15. The zero-order chi connectivity index (χ0) is 23.7. The van der Waals surface area contributed by atoms with Crippen molar-refractivity contribution in [2.45, 2.75) is 31.5 Å². The highest BCUT2D eigenvalue weighted by atomic mass is 35.5. The van der Waals surface area contributed by atoms with E-state index in [0.29, 0.717) is 41.1 Å². The van der Waals surface area contributed by atoms with Gasteiger partial charge in [-0.1, -0.05) is 29.3 Å². The highest BCUT2D eigenvalue weighted by Gasteiger charge is 2.36. The summed E-state index contributed by atoms with van der Waals surface area (Å²) in [5.41, 5.74) is 9.25. The number of hydrogen-bond acceptors (Lipinski definition) is 7. The number of piperazine rings is 1. The fraction of sp³-hybridized carbons (Fsp3) is 0.435. The Morgan fingerprint density at radius 3 is 2.67 bits per heavy atom. The van der Waals surface area contributed by atoms with E-state index in [0.717, 1.165) is 24.2 Å². The summed E-state index contributed by atoms with van der Waals surface area (Å²) in [7, 11) is 0. The van der Waals surface area contributed by atoms with Gasteiger partial charge in [0.15, 0.2) is 0 Å². The van der Waals surface area contributed by atoms with Gasteiger partial charge in [-0.25, -0.2) is 5.84 Å². The number of hydrogen-bond donors (Lipinski definition) is 4. The number of amides is 1. The van der Waals surface area contributed by atoms with Gasteiger partial charge in [-0.15, -0.1) is 0 Å². The lowest BCUT2D eigenvalue weighted by Crippen LogP contribution is -2.63. The summed E-state index contributed by atoms with van der Waals surface area (Å²) < 4.78 is 0. The molecule has 2 aromatic carbocycles. The van der Waals surface area contributed by atoms with Gasteiger partial charge in [0, 0.05) is 35.4 Å². The van der Waals surface area contributed by atoms with Gasteiger partial charge in [0.25, 0.3) is 0 Å². The molecule has 33 heavy (non-hydrogen) atoms. The zero-order valence-electron chi connectivity index (χ0n) is 18.5. The molecule has 2 aliphatic rings. The number of benzene rings is 2. The van der Waals surface area contributed by atoms with Gasteiger partial charge >= 0.3 is 0 Å². The van der Waals surface area contributed by atoms with Crippen LogP contribution in [0.15, 0.2) is 36.4 Å². The van der Waals surface area contributed by atoms with Crippen molar-refractivity contribution in [3.63, 3.8) is 0 Å². The highest BCUT2D eigenvalue weighted by molar-refractivity contribution is 6.35. The van der Waals surface area contributed by atoms with Gasteiger partial charge in [-0.2, -0.15) is 0 Å². The quantitative estimate of drug-likeness (QED) is 0.278. The molecule has 2 fully saturated rings. The first kappa shape index (κ1) is 23.9.